The normalized spacial score (nSPS) is 13.2. The first-order valence-corrected chi connectivity index (χ1v) is 3.68. The third kappa shape index (κ3) is 5.34. The van der Waals surface area contributed by atoms with E-state index in [9.17, 15) is 4.79 Å². The van der Waals surface area contributed by atoms with Crippen LogP contribution in [0.4, 0.5) is 0 Å². The lowest BCUT2D eigenvalue weighted by Crippen LogP contribution is -1.80. The van der Waals surface area contributed by atoms with Crippen LogP contribution in [0.25, 0.3) is 0 Å². The molecule has 0 N–H and O–H groups in total. The molecule has 0 aliphatic carbocycles. The van der Waals surface area contributed by atoms with Gasteiger partial charge in [-0.15, -0.1) is 0 Å². The van der Waals surface area contributed by atoms with E-state index in [2.05, 4.69) is 0 Å². The van der Waals surface area contributed by atoms with Crippen molar-refractivity contribution < 1.29 is 4.79 Å². The molecule has 0 unspecified atom stereocenters. The maximum Gasteiger partial charge on any atom is 0.152 e. The molecule has 0 spiro atoms. The first kappa shape index (κ1) is 9.89. The molecule has 0 amide bonds. The van der Waals surface area contributed by atoms with E-state index in [1.807, 2.05) is 38.2 Å². The lowest BCUT2D eigenvalue weighted by molar-refractivity contribution is -0.112. The molecular weight excluding hydrogens is 136 g/mol. The molecule has 60 valence electrons. The minimum Gasteiger partial charge on any atom is -0.295 e. The maximum atomic E-state index is 10.5. The molecule has 0 heterocycles. The Morgan fingerprint density at radius 1 is 1.09 bits per heavy atom. The molecule has 0 aliphatic rings. The van der Waals surface area contributed by atoms with Crippen LogP contribution >= 0.6 is 0 Å². The molecule has 0 saturated heterocycles. The molecule has 0 radical (unpaired) electrons. The van der Waals surface area contributed by atoms with Crippen LogP contribution in [0.3, 0.4) is 0 Å². The monoisotopic (exact) mass is 150 g/mol. The number of rotatable bonds is 3. The quantitative estimate of drug-likeness (QED) is 0.446. The molecule has 0 atom stereocenters. The number of hydrogen-bond acceptors (Lipinski definition) is 1. The summed E-state index contributed by atoms with van der Waals surface area (Å²) in [6.45, 7) is 5.43. The Balaban J connectivity index is 4.21. The van der Waals surface area contributed by atoms with Crippen molar-refractivity contribution in [3.63, 3.8) is 0 Å². The van der Waals surface area contributed by atoms with Crippen LogP contribution in [0.2, 0.25) is 0 Å². The Morgan fingerprint density at radius 2 is 1.73 bits per heavy atom. The van der Waals surface area contributed by atoms with Gasteiger partial charge in [0.1, 0.15) is 0 Å². The molecule has 1 heteroatoms. The summed E-state index contributed by atoms with van der Waals surface area (Å²) in [7, 11) is 0. The van der Waals surface area contributed by atoms with Crippen LogP contribution < -0.4 is 0 Å². The smallest absolute Gasteiger partial charge is 0.152 e. The molecule has 0 aromatic heterocycles. The fourth-order valence-electron chi connectivity index (χ4n) is 0.654. The van der Waals surface area contributed by atoms with Gasteiger partial charge >= 0.3 is 0 Å². The molecule has 11 heavy (non-hydrogen) atoms. The Bertz CT molecular complexity index is 207. The van der Waals surface area contributed by atoms with E-state index in [-0.39, 0.29) is 5.78 Å². The van der Waals surface area contributed by atoms with Gasteiger partial charge in [-0.25, -0.2) is 0 Å². The summed E-state index contributed by atoms with van der Waals surface area (Å²) in [5, 5.41) is 0. The van der Waals surface area contributed by atoms with Gasteiger partial charge in [0.2, 0.25) is 0 Å². The summed E-state index contributed by atoms with van der Waals surface area (Å²) < 4.78 is 0. The van der Waals surface area contributed by atoms with Crippen molar-refractivity contribution in [3.8, 4) is 0 Å². The summed E-state index contributed by atoms with van der Waals surface area (Å²) >= 11 is 0. The highest BCUT2D eigenvalue weighted by Crippen LogP contribution is 1.98. The fourth-order valence-corrected chi connectivity index (χ4v) is 0.654. The average molecular weight is 150 g/mol. The van der Waals surface area contributed by atoms with Crippen LogP contribution in [-0.4, -0.2) is 5.78 Å². The highest BCUT2D eigenvalue weighted by atomic mass is 16.1. The van der Waals surface area contributed by atoms with Crippen molar-refractivity contribution in [2.45, 2.75) is 20.8 Å². The second-order valence-electron chi connectivity index (χ2n) is 2.23. The van der Waals surface area contributed by atoms with Crippen molar-refractivity contribution >= 4 is 5.78 Å². The van der Waals surface area contributed by atoms with E-state index in [1.54, 1.807) is 13.0 Å². The van der Waals surface area contributed by atoms with Gasteiger partial charge in [0.15, 0.2) is 5.78 Å². The van der Waals surface area contributed by atoms with Crippen LogP contribution in [0.15, 0.2) is 36.0 Å². The number of hydrogen-bond donors (Lipinski definition) is 0. The topological polar surface area (TPSA) is 17.1 Å². The third-order valence-corrected chi connectivity index (χ3v) is 1.20. The summed E-state index contributed by atoms with van der Waals surface area (Å²) in [4.78, 5) is 10.5. The van der Waals surface area contributed by atoms with Crippen LogP contribution in [0.1, 0.15) is 20.8 Å². The first-order valence-electron chi connectivity index (χ1n) is 3.68. The van der Waals surface area contributed by atoms with Crippen molar-refractivity contribution in [3.05, 3.63) is 36.0 Å². The third-order valence-electron chi connectivity index (χ3n) is 1.20. The van der Waals surface area contributed by atoms with E-state index >= 15 is 0 Å². The Labute approximate surface area is 68.1 Å². The molecule has 0 rings (SSSR count). The zero-order valence-electron chi connectivity index (χ0n) is 7.29. The van der Waals surface area contributed by atoms with Gasteiger partial charge in [0.25, 0.3) is 0 Å². The van der Waals surface area contributed by atoms with Crippen molar-refractivity contribution in [2.75, 3.05) is 0 Å². The Kier molecular flexibility index (Phi) is 5.09. The first-order chi connectivity index (χ1) is 5.20. The van der Waals surface area contributed by atoms with E-state index in [0.29, 0.717) is 0 Å². The van der Waals surface area contributed by atoms with Gasteiger partial charge in [-0.05, 0) is 32.4 Å². The molecule has 0 fully saturated rings. The van der Waals surface area contributed by atoms with E-state index in [1.165, 1.54) is 0 Å². The maximum absolute atomic E-state index is 10.5. The van der Waals surface area contributed by atoms with Gasteiger partial charge in [0.05, 0.1) is 0 Å². The van der Waals surface area contributed by atoms with E-state index < -0.39 is 0 Å². The summed E-state index contributed by atoms with van der Waals surface area (Å²) in [6, 6.07) is 0. The lowest BCUT2D eigenvalue weighted by Gasteiger charge is -1.88. The minimum absolute atomic E-state index is 0.0776. The number of carbonyl (C=O) groups is 1. The zero-order chi connectivity index (χ0) is 8.69. The number of carbonyl (C=O) groups excluding carboxylic acids is 1. The largest absolute Gasteiger partial charge is 0.295 e. The van der Waals surface area contributed by atoms with Crippen molar-refractivity contribution in [1.29, 1.82) is 0 Å². The molecule has 0 bridgehead atoms. The van der Waals surface area contributed by atoms with Crippen molar-refractivity contribution in [2.24, 2.45) is 0 Å². The van der Waals surface area contributed by atoms with Crippen LogP contribution in [-0.2, 0) is 4.79 Å². The minimum atomic E-state index is 0.0776. The predicted molar refractivity (Wildman–Crippen MR) is 48.4 cm³/mol. The van der Waals surface area contributed by atoms with Crippen LogP contribution in [0, 0.1) is 0 Å². The Morgan fingerprint density at radius 3 is 2.09 bits per heavy atom. The van der Waals surface area contributed by atoms with Crippen LogP contribution in [0.5, 0.6) is 0 Å². The summed E-state index contributed by atoms with van der Waals surface area (Å²) in [5.41, 5.74) is 1.06. The highest BCUT2D eigenvalue weighted by Gasteiger charge is 1.83. The predicted octanol–water partition coefficient (Wildman–Crippen LogP) is 2.65. The van der Waals surface area contributed by atoms with Gasteiger partial charge in [-0.1, -0.05) is 24.3 Å². The summed E-state index contributed by atoms with van der Waals surface area (Å²) in [6.07, 6.45) is 9.23. The van der Waals surface area contributed by atoms with Gasteiger partial charge < -0.3 is 0 Å². The number of ketones is 1. The molecule has 1 nitrogen and oxygen atoms in total. The van der Waals surface area contributed by atoms with Gasteiger partial charge in [-0.3, -0.25) is 4.79 Å². The Hall–Kier alpha value is -1.11. The number of allylic oxidation sites excluding steroid dienone is 6. The van der Waals surface area contributed by atoms with E-state index in [4.69, 9.17) is 0 Å². The second kappa shape index (κ2) is 5.66. The van der Waals surface area contributed by atoms with Crippen molar-refractivity contribution in [1.82, 2.24) is 0 Å². The standard InChI is InChI=1S/C10H14O/c1-4-6-10(5-2)8-7-9(3)11/h4-8H,1-3H3/b6-4-,8-7+,10-5+. The molecular formula is C10H14O. The summed E-state index contributed by atoms with van der Waals surface area (Å²) in [5.74, 6) is 0.0776. The molecule has 0 aromatic carbocycles. The second-order valence-corrected chi connectivity index (χ2v) is 2.23. The SMILES string of the molecule is C\C=C/C(/C=C/C(C)=O)=C\C. The zero-order valence-corrected chi connectivity index (χ0v) is 7.29. The molecule has 0 aliphatic heterocycles. The highest BCUT2D eigenvalue weighted by molar-refractivity contribution is 5.87. The van der Waals surface area contributed by atoms with Gasteiger partial charge in [0, 0.05) is 0 Å². The van der Waals surface area contributed by atoms with Gasteiger partial charge in [-0.2, -0.15) is 0 Å². The average Bonchev–Trinajstić information content (AvgIpc) is 1.97. The van der Waals surface area contributed by atoms with E-state index in [0.717, 1.165) is 5.57 Å². The fraction of sp³-hybridized carbons (Fsp3) is 0.300. The molecule has 0 saturated carbocycles. The molecule has 0 aromatic rings. The lowest BCUT2D eigenvalue weighted by atomic mass is 10.2.